The highest BCUT2D eigenvalue weighted by molar-refractivity contribution is 14.1. The van der Waals surface area contributed by atoms with Crippen LogP contribution in [0.5, 0.6) is 0 Å². The number of rotatable bonds is 4. The Morgan fingerprint density at radius 1 is 1.42 bits per heavy atom. The van der Waals surface area contributed by atoms with E-state index in [4.69, 9.17) is 11.6 Å². The highest BCUT2D eigenvalue weighted by Crippen LogP contribution is 2.24. The van der Waals surface area contributed by atoms with Gasteiger partial charge in [0.05, 0.1) is 10.7 Å². The molecule has 1 aromatic carbocycles. The molecule has 104 valence electrons. The monoisotopic (exact) mass is 392 g/mol. The van der Waals surface area contributed by atoms with E-state index in [1.165, 1.54) is 12.8 Å². The Morgan fingerprint density at radius 3 is 2.74 bits per heavy atom. The van der Waals surface area contributed by atoms with Crippen LogP contribution in [-0.2, 0) is 4.79 Å². The number of anilines is 1. The number of hydrogen-bond acceptors (Lipinski definition) is 2. The van der Waals surface area contributed by atoms with Crippen molar-refractivity contribution in [3.8, 4) is 0 Å². The van der Waals surface area contributed by atoms with Gasteiger partial charge in [0.15, 0.2) is 0 Å². The minimum atomic E-state index is -0.279. The first-order chi connectivity index (χ1) is 9.06. The SMILES string of the molecule is CC(Nc1ccc(I)cc1Cl)C(=O)NC1CCCC1. The van der Waals surface area contributed by atoms with Gasteiger partial charge in [-0.15, -0.1) is 0 Å². The Labute approximate surface area is 132 Å². The topological polar surface area (TPSA) is 41.1 Å². The Kier molecular flexibility index (Phi) is 5.33. The third kappa shape index (κ3) is 4.24. The second kappa shape index (κ2) is 6.79. The number of carbonyl (C=O) groups excluding carboxylic acids is 1. The van der Waals surface area contributed by atoms with Crippen LogP contribution in [0.15, 0.2) is 18.2 Å². The first-order valence-electron chi connectivity index (χ1n) is 6.58. The average Bonchev–Trinajstić information content (AvgIpc) is 2.85. The van der Waals surface area contributed by atoms with E-state index < -0.39 is 0 Å². The molecule has 0 bridgehead atoms. The Hall–Kier alpha value is -0.490. The van der Waals surface area contributed by atoms with E-state index in [0.29, 0.717) is 11.1 Å². The lowest BCUT2D eigenvalue weighted by atomic mass is 10.2. The molecule has 1 fully saturated rings. The molecule has 0 aromatic heterocycles. The van der Waals surface area contributed by atoms with Gasteiger partial charge >= 0.3 is 0 Å². The van der Waals surface area contributed by atoms with Crippen LogP contribution in [0.3, 0.4) is 0 Å². The van der Waals surface area contributed by atoms with Gasteiger partial charge < -0.3 is 10.6 Å². The molecule has 1 aliphatic rings. The number of benzene rings is 1. The summed E-state index contributed by atoms with van der Waals surface area (Å²) in [4.78, 5) is 12.1. The molecule has 2 rings (SSSR count). The maximum Gasteiger partial charge on any atom is 0.242 e. The summed E-state index contributed by atoms with van der Waals surface area (Å²) >= 11 is 8.36. The van der Waals surface area contributed by atoms with Gasteiger partial charge in [0, 0.05) is 9.61 Å². The van der Waals surface area contributed by atoms with Crippen molar-refractivity contribution in [1.82, 2.24) is 5.32 Å². The van der Waals surface area contributed by atoms with Crippen LogP contribution in [0, 0.1) is 3.57 Å². The lowest BCUT2D eigenvalue weighted by Crippen LogP contribution is -2.42. The zero-order chi connectivity index (χ0) is 13.8. The van der Waals surface area contributed by atoms with Crippen molar-refractivity contribution in [2.24, 2.45) is 0 Å². The maximum absolute atomic E-state index is 12.1. The number of nitrogens with one attached hydrogen (secondary N) is 2. The third-order valence-corrected chi connectivity index (χ3v) is 4.38. The molecule has 1 atom stereocenters. The van der Waals surface area contributed by atoms with Gasteiger partial charge in [0.1, 0.15) is 6.04 Å². The summed E-state index contributed by atoms with van der Waals surface area (Å²) in [5.41, 5.74) is 0.802. The predicted octanol–water partition coefficient (Wildman–Crippen LogP) is 3.80. The first kappa shape index (κ1) is 14.9. The molecule has 19 heavy (non-hydrogen) atoms. The molecule has 2 N–H and O–H groups in total. The van der Waals surface area contributed by atoms with Crippen LogP contribution in [0.4, 0.5) is 5.69 Å². The molecule has 0 aliphatic heterocycles. The summed E-state index contributed by atoms with van der Waals surface area (Å²) in [6.07, 6.45) is 4.64. The zero-order valence-electron chi connectivity index (χ0n) is 10.9. The molecule has 0 spiro atoms. The molecule has 1 amide bonds. The lowest BCUT2D eigenvalue weighted by Gasteiger charge is -2.19. The Balaban J connectivity index is 1.92. The van der Waals surface area contributed by atoms with E-state index in [1.54, 1.807) is 0 Å². The van der Waals surface area contributed by atoms with Crippen molar-refractivity contribution in [3.05, 3.63) is 26.8 Å². The van der Waals surface area contributed by atoms with Crippen LogP contribution in [-0.4, -0.2) is 18.0 Å². The molecule has 0 saturated heterocycles. The average molecular weight is 393 g/mol. The van der Waals surface area contributed by atoms with E-state index in [2.05, 4.69) is 33.2 Å². The molecule has 1 aromatic rings. The van der Waals surface area contributed by atoms with Crippen molar-refractivity contribution in [2.75, 3.05) is 5.32 Å². The third-order valence-electron chi connectivity index (χ3n) is 3.40. The van der Waals surface area contributed by atoms with Crippen molar-refractivity contribution >= 4 is 45.8 Å². The molecular weight excluding hydrogens is 375 g/mol. The highest BCUT2D eigenvalue weighted by Gasteiger charge is 2.20. The fourth-order valence-corrected chi connectivity index (χ4v) is 3.21. The number of halogens is 2. The summed E-state index contributed by atoms with van der Waals surface area (Å²) in [5, 5.41) is 6.89. The number of hydrogen-bond donors (Lipinski definition) is 2. The quantitative estimate of drug-likeness (QED) is 0.765. The molecule has 5 heteroatoms. The smallest absolute Gasteiger partial charge is 0.242 e. The fraction of sp³-hybridized carbons (Fsp3) is 0.500. The summed E-state index contributed by atoms with van der Waals surface area (Å²) in [5.74, 6) is 0.0431. The van der Waals surface area contributed by atoms with Gasteiger partial charge in [-0.3, -0.25) is 4.79 Å². The summed E-state index contributed by atoms with van der Waals surface area (Å²) < 4.78 is 1.08. The molecular formula is C14H18ClIN2O. The highest BCUT2D eigenvalue weighted by atomic mass is 127. The predicted molar refractivity (Wildman–Crippen MR) is 87.7 cm³/mol. The normalized spacial score (nSPS) is 17.2. The van der Waals surface area contributed by atoms with Crippen LogP contribution < -0.4 is 10.6 Å². The van der Waals surface area contributed by atoms with Gasteiger partial charge in [0.2, 0.25) is 5.91 Å². The van der Waals surface area contributed by atoms with Crippen molar-refractivity contribution < 1.29 is 4.79 Å². The summed E-state index contributed by atoms with van der Waals surface area (Å²) in [6.45, 7) is 1.86. The fourth-order valence-electron chi connectivity index (χ4n) is 2.30. The van der Waals surface area contributed by atoms with E-state index >= 15 is 0 Å². The van der Waals surface area contributed by atoms with E-state index in [0.717, 1.165) is 22.1 Å². The van der Waals surface area contributed by atoms with Crippen molar-refractivity contribution in [3.63, 3.8) is 0 Å². The lowest BCUT2D eigenvalue weighted by molar-refractivity contribution is -0.122. The van der Waals surface area contributed by atoms with Crippen LogP contribution in [0.2, 0.25) is 5.02 Å². The van der Waals surface area contributed by atoms with E-state index in [1.807, 2.05) is 25.1 Å². The van der Waals surface area contributed by atoms with Crippen molar-refractivity contribution in [1.29, 1.82) is 0 Å². The number of amides is 1. The molecule has 1 unspecified atom stereocenters. The van der Waals surface area contributed by atoms with Crippen LogP contribution in [0.25, 0.3) is 0 Å². The molecule has 0 radical (unpaired) electrons. The molecule has 1 aliphatic carbocycles. The van der Waals surface area contributed by atoms with E-state index in [9.17, 15) is 4.79 Å². The van der Waals surface area contributed by atoms with Gasteiger partial charge in [-0.25, -0.2) is 0 Å². The Bertz CT molecular complexity index is 461. The standard InChI is InChI=1S/C14H18ClIN2O/c1-9(14(19)18-11-4-2-3-5-11)17-13-7-6-10(16)8-12(13)15/h6-9,11,17H,2-5H2,1H3,(H,18,19). The van der Waals surface area contributed by atoms with Gasteiger partial charge in [-0.2, -0.15) is 0 Å². The van der Waals surface area contributed by atoms with Gasteiger partial charge in [-0.05, 0) is 60.6 Å². The molecule has 3 nitrogen and oxygen atoms in total. The van der Waals surface area contributed by atoms with E-state index in [-0.39, 0.29) is 11.9 Å². The van der Waals surface area contributed by atoms with Crippen molar-refractivity contribution in [2.45, 2.75) is 44.7 Å². The summed E-state index contributed by atoms with van der Waals surface area (Å²) in [7, 11) is 0. The first-order valence-corrected chi connectivity index (χ1v) is 8.04. The van der Waals surface area contributed by atoms with Gasteiger partial charge in [-0.1, -0.05) is 24.4 Å². The summed E-state index contributed by atoms with van der Waals surface area (Å²) in [6, 6.07) is 5.83. The number of carbonyl (C=O) groups is 1. The van der Waals surface area contributed by atoms with Crippen LogP contribution >= 0.6 is 34.2 Å². The second-order valence-electron chi connectivity index (χ2n) is 4.98. The zero-order valence-corrected chi connectivity index (χ0v) is 13.8. The van der Waals surface area contributed by atoms with Crippen LogP contribution in [0.1, 0.15) is 32.6 Å². The minimum Gasteiger partial charge on any atom is -0.373 e. The molecule has 1 saturated carbocycles. The molecule has 0 heterocycles. The van der Waals surface area contributed by atoms with Gasteiger partial charge in [0.25, 0.3) is 0 Å². The minimum absolute atomic E-state index is 0.0431. The second-order valence-corrected chi connectivity index (χ2v) is 6.63. The Morgan fingerprint density at radius 2 is 2.11 bits per heavy atom. The largest absolute Gasteiger partial charge is 0.373 e. The maximum atomic E-state index is 12.1.